The van der Waals surface area contributed by atoms with Crippen molar-refractivity contribution in [3.8, 4) is 6.07 Å². The highest BCUT2D eigenvalue weighted by atomic mass is 32.2. The number of rotatable bonds is 5. The number of carbonyl (C=O) groups excluding carboxylic acids is 2. The second-order valence-electron chi connectivity index (χ2n) is 6.33. The third-order valence-corrected chi connectivity index (χ3v) is 4.64. The Morgan fingerprint density at radius 2 is 2.17 bits per heavy atom. The molecular formula is C17H21N3O2S. The highest BCUT2D eigenvalue weighted by Crippen LogP contribution is 2.34. The number of carbonyl (C=O) groups is 2. The molecule has 0 unspecified atom stereocenters. The van der Waals surface area contributed by atoms with E-state index in [0.29, 0.717) is 12.2 Å². The number of benzene rings is 1. The van der Waals surface area contributed by atoms with Crippen LogP contribution in [0.25, 0.3) is 0 Å². The first-order valence-electron chi connectivity index (χ1n) is 7.59. The largest absolute Gasteiger partial charge is 0.336 e. The Morgan fingerprint density at radius 3 is 2.83 bits per heavy atom. The Labute approximate surface area is 141 Å². The average molecular weight is 331 g/mol. The summed E-state index contributed by atoms with van der Waals surface area (Å²) in [5.74, 6) is 0.205. The van der Waals surface area contributed by atoms with E-state index >= 15 is 0 Å². The fourth-order valence-electron chi connectivity index (χ4n) is 2.76. The van der Waals surface area contributed by atoms with Crippen LogP contribution in [0, 0.1) is 17.2 Å². The Morgan fingerprint density at radius 1 is 1.48 bits per heavy atom. The third kappa shape index (κ3) is 4.26. The van der Waals surface area contributed by atoms with E-state index in [1.165, 1.54) is 16.7 Å². The van der Waals surface area contributed by atoms with Gasteiger partial charge >= 0.3 is 0 Å². The van der Waals surface area contributed by atoms with Crippen LogP contribution in [0.5, 0.6) is 0 Å². The number of anilines is 1. The summed E-state index contributed by atoms with van der Waals surface area (Å²) in [5, 5.41) is 12.1. The highest BCUT2D eigenvalue weighted by Gasteiger charge is 2.30. The fraction of sp³-hybridized carbons (Fsp3) is 0.471. The van der Waals surface area contributed by atoms with Gasteiger partial charge in [0.25, 0.3) is 0 Å². The lowest BCUT2D eigenvalue weighted by Crippen LogP contribution is -2.51. The molecule has 0 aliphatic carbocycles. The molecule has 122 valence electrons. The topological polar surface area (TPSA) is 73.2 Å². The van der Waals surface area contributed by atoms with E-state index in [4.69, 9.17) is 0 Å². The molecule has 6 heteroatoms. The molecule has 0 radical (unpaired) electrons. The molecule has 2 amide bonds. The molecule has 0 spiro atoms. The molecule has 1 aromatic carbocycles. The van der Waals surface area contributed by atoms with Crippen molar-refractivity contribution in [1.82, 2.24) is 5.32 Å². The van der Waals surface area contributed by atoms with Crippen molar-refractivity contribution >= 4 is 29.3 Å². The van der Waals surface area contributed by atoms with Gasteiger partial charge in [-0.15, -0.1) is 11.8 Å². The Hall–Kier alpha value is -2.00. The number of nitriles is 1. The number of para-hydroxylation sites is 1. The zero-order valence-corrected chi connectivity index (χ0v) is 14.4. The van der Waals surface area contributed by atoms with Crippen LogP contribution in [-0.2, 0) is 9.59 Å². The second kappa shape index (κ2) is 7.05. The second-order valence-corrected chi connectivity index (χ2v) is 7.34. The maximum Gasteiger partial charge on any atom is 0.241 e. The number of amides is 2. The molecule has 1 aliphatic rings. The van der Waals surface area contributed by atoms with Crippen molar-refractivity contribution in [2.24, 2.45) is 5.92 Å². The molecule has 0 fully saturated rings. The zero-order valence-electron chi connectivity index (χ0n) is 13.6. The molecule has 1 atom stereocenters. The lowest BCUT2D eigenvalue weighted by atomic mass is 9.92. The van der Waals surface area contributed by atoms with Crippen molar-refractivity contribution in [2.75, 3.05) is 17.2 Å². The van der Waals surface area contributed by atoms with Crippen molar-refractivity contribution in [3.63, 3.8) is 0 Å². The van der Waals surface area contributed by atoms with Gasteiger partial charge in [-0.1, -0.05) is 26.0 Å². The number of fused-ring (bicyclic) bond motifs is 1. The lowest BCUT2D eigenvalue weighted by Gasteiger charge is -2.30. The Balaban J connectivity index is 2.11. The molecule has 0 bridgehead atoms. The summed E-state index contributed by atoms with van der Waals surface area (Å²) < 4.78 is 0. The normalized spacial score (nSPS) is 16.5. The van der Waals surface area contributed by atoms with Gasteiger partial charge < -0.3 is 10.2 Å². The number of nitrogens with zero attached hydrogens (tertiary/aromatic N) is 2. The van der Waals surface area contributed by atoms with Gasteiger partial charge in [-0.2, -0.15) is 5.26 Å². The molecule has 5 nitrogen and oxygen atoms in total. The van der Waals surface area contributed by atoms with Gasteiger partial charge in [-0.25, -0.2) is 0 Å². The minimum absolute atomic E-state index is 0.0637. The van der Waals surface area contributed by atoms with Gasteiger partial charge in [0, 0.05) is 4.90 Å². The summed E-state index contributed by atoms with van der Waals surface area (Å²) in [4.78, 5) is 27.0. The summed E-state index contributed by atoms with van der Waals surface area (Å²) >= 11 is 1.48. The van der Waals surface area contributed by atoms with Gasteiger partial charge in [0.1, 0.15) is 12.1 Å². The molecule has 0 aromatic heterocycles. The molecule has 1 aromatic rings. The van der Waals surface area contributed by atoms with Crippen LogP contribution < -0.4 is 10.2 Å². The first kappa shape index (κ1) is 17.4. The van der Waals surface area contributed by atoms with Crippen molar-refractivity contribution < 1.29 is 9.59 Å². The van der Waals surface area contributed by atoms with Crippen molar-refractivity contribution in [3.05, 3.63) is 24.3 Å². The Bertz CT molecular complexity index is 653. The lowest BCUT2D eigenvalue weighted by molar-refractivity contribution is -0.123. The predicted molar refractivity (Wildman–Crippen MR) is 91.1 cm³/mol. The molecule has 2 rings (SSSR count). The monoisotopic (exact) mass is 331 g/mol. The van der Waals surface area contributed by atoms with Gasteiger partial charge in [0.15, 0.2) is 0 Å². The molecule has 1 aliphatic heterocycles. The van der Waals surface area contributed by atoms with Gasteiger partial charge in [0.05, 0.1) is 17.5 Å². The highest BCUT2D eigenvalue weighted by molar-refractivity contribution is 8.00. The number of hydrogen-bond donors (Lipinski definition) is 1. The molecular weight excluding hydrogens is 310 g/mol. The van der Waals surface area contributed by atoms with E-state index in [-0.39, 0.29) is 24.3 Å². The van der Waals surface area contributed by atoms with Crippen LogP contribution >= 0.6 is 11.8 Å². The van der Waals surface area contributed by atoms with Crippen LogP contribution in [0.3, 0.4) is 0 Å². The van der Waals surface area contributed by atoms with E-state index in [1.54, 1.807) is 6.92 Å². The van der Waals surface area contributed by atoms with Gasteiger partial charge in [0.2, 0.25) is 11.8 Å². The van der Waals surface area contributed by atoms with Crippen LogP contribution in [0.1, 0.15) is 27.2 Å². The van der Waals surface area contributed by atoms with E-state index in [1.807, 2.05) is 38.1 Å². The molecule has 1 heterocycles. The minimum atomic E-state index is -0.918. The maximum absolute atomic E-state index is 12.4. The number of hydrogen-bond acceptors (Lipinski definition) is 4. The van der Waals surface area contributed by atoms with Crippen molar-refractivity contribution in [1.29, 1.82) is 5.26 Å². The van der Waals surface area contributed by atoms with E-state index in [0.717, 1.165) is 10.6 Å². The predicted octanol–water partition coefficient (Wildman–Crippen LogP) is 2.57. The maximum atomic E-state index is 12.4. The summed E-state index contributed by atoms with van der Waals surface area (Å²) in [6.07, 6.45) is 0.565. The van der Waals surface area contributed by atoms with Gasteiger partial charge in [-0.05, 0) is 31.4 Å². The molecule has 0 saturated carbocycles. The third-order valence-electron chi connectivity index (χ3n) is 3.59. The molecule has 0 saturated heterocycles. The van der Waals surface area contributed by atoms with E-state index in [9.17, 15) is 14.9 Å². The number of nitrogens with one attached hydrogen (secondary N) is 1. The smallest absolute Gasteiger partial charge is 0.241 e. The molecule has 1 N–H and O–H groups in total. The summed E-state index contributed by atoms with van der Waals surface area (Å²) in [6.45, 7) is 5.66. The van der Waals surface area contributed by atoms with E-state index < -0.39 is 5.54 Å². The average Bonchev–Trinajstić information content (AvgIpc) is 2.49. The van der Waals surface area contributed by atoms with Gasteiger partial charge in [-0.3, -0.25) is 9.59 Å². The minimum Gasteiger partial charge on any atom is -0.336 e. The molecule has 23 heavy (non-hydrogen) atoms. The quantitative estimate of drug-likeness (QED) is 0.900. The first-order valence-corrected chi connectivity index (χ1v) is 8.57. The van der Waals surface area contributed by atoms with Crippen LogP contribution in [-0.4, -0.2) is 29.7 Å². The first-order chi connectivity index (χ1) is 10.8. The van der Waals surface area contributed by atoms with E-state index in [2.05, 4.69) is 11.4 Å². The summed E-state index contributed by atoms with van der Waals surface area (Å²) in [5.41, 5.74) is -0.162. The van der Waals surface area contributed by atoms with Crippen LogP contribution in [0.4, 0.5) is 5.69 Å². The summed E-state index contributed by atoms with van der Waals surface area (Å²) in [6, 6.07) is 9.71. The van der Waals surface area contributed by atoms with Crippen LogP contribution in [0.15, 0.2) is 29.2 Å². The number of thioether (sulfide) groups is 1. The Kier molecular flexibility index (Phi) is 5.32. The zero-order chi connectivity index (χ0) is 17.0. The van der Waals surface area contributed by atoms with Crippen LogP contribution in [0.2, 0.25) is 0 Å². The van der Waals surface area contributed by atoms with Crippen molar-refractivity contribution in [2.45, 2.75) is 37.6 Å². The standard InChI is InChI=1S/C17H21N3O2S/c1-12(2)8-17(3,11-18)19-15(21)9-20-13-6-4-5-7-14(13)23-10-16(20)22/h4-7,12H,8-10H2,1-3H3,(H,19,21)/t17-/m0/s1. The summed E-state index contributed by atoms with van der Waals surface area (Å²) in [7, 11) is 0. The fourth-order valence-corrected chi connectivity index (χ4v) is 3.70. The SMILES string of the molecule is CC(C)C[C@@](C)(C#N)NC(=O)CN1C(=O)CSc2ccccc21.